The van der Waals surface area contributed by atoms with Crippen molar-refractivity contribution in [2.24, 2.45) is 11.5 Å². The molecule has 164 valence electrons. The van der Waals surface area contributed by atoms with Crippen LogP contribution in [-0.4, -0.2) is 25.3 Å². The zero-order chi connectivity index (χ0) is 20.1. The highest BCUT2D eigenvalue weighted by molar-refractivity contribution is 4.84. The Kier molecular flexibility index (Phi) is 20.5. The molecule has 0 aromatic heterocycles. The molecule has 4 N–H and O–H groups in total. The van der Waals surface area contributed by atoms with Gasteiger partial charge in [0.2, 0.25) is 0 Å². The molecule has 0 saturated carbocycles. The smallest absolute Gasteiger partial charge is 0.0646 e. The molecule has 0 saturated heterocycles. The van der Waals surface area contributed by atoms with Gasteiger partial charge >= 0.3 is 0 Å². The summed E-state index contributed by atoms with van der Waals surface area (Å²) in [6.07, 6.45) is 23.9. The highest BCUT2D eigenvalue weighted by Gasteiger charge is 2.24. The number of hydrogen-bond acceptors (Lipinski definition) is 3. The lowest BCUT2D eigenvalue weighted by molar-refractivity contribution is 0.0795. The third-order valence-electron chi connectivity index (χ3n) is 5.71. The van der Waals surface area contributed by atoms with Crippen molar-refractivity contribution in [3.8, 4) is 0 Å². The number of unbranched alkanes of at least 4 members (excludes halogenated alkanes) is 14. The molecule has 0 spiro atoms. The van der Waals surface area contributed by atoms with E-state index >= 15 is 0 Å². The summed E-state index contributed by atoms with van der Waals surface area (Å²) in [5, 5.41) is 0. The molecule has 0 aromatic rings. The van der Waals surface area contributed by atoms with Crippen LogP contribution in [0.5, 0.6) is 0 Å². The SMILES string of the molecule is CCCCCCCCCCC(N)(CCCCCCCCCC)COCCN. The van der Waals surface area contributed by atoms with Crippen molar-refractivity contribution in [3.05, 3.63) is 0 Å². The maximum atomic E-state index is 6.73. The van der Waals surface area contributed by atoms with Gasteiger partial charge in [-0.15, -0.1) is 0 Å². The Morgan fingerprint density at radius 3 is 1.33 bits per heavy atom. The first-order chi connectivity index (χ1) is 13.2. The first kappa shape index (κ1) is 26.9. The van der Waals surface area contributed by atoms with Crippen LogP contribution in [-0.2, 0) is 4.74 Å². The van der Waals surface area contributed by atoms with E-state index in [1.165, 1.54) is 103 Å². The molecule has 0 heterocycles. The third-order valence-corrected chi connectivity index (χ3v) is 5.71. The van der Waals surface area contributed by atoms with Gasteiger partial charge in [0.05, 0.1) is 13.2 Å². The van der Waals surface area contributed by atoms with E-state index in [1.54, 1.807) is 0 Å². The maximum Gasteiger partial charge on any atom is 0.0646 e. The van der Waals surface area contributed by atoms with Crippen LogP contribution in [0.2, 0.25) is 0 Å². The highest BCUT2D eigenvalue weighted by atomic mass is 16.5. The van der Waals surface area contributed by atoms with E-state index in [1.807, 2.05) is 0 Å². The minimum Gasteiger partial charge on any atom is -0.378 e. The standard InChI is InChI=1S/C24H52N2O/c1-3-5-7-9-11-13-15-17-19-24(26,23-27-22-21-25)20-18-16-14-12-10-8-6-4-2/h3-23,25-26H2,1-2H3. The summed E-state index contributed by atoms with van der Waals surface area (Å²) in [5.41, 5.74) is 12.2. The minimum atomic E-state index is -0.139. The molecule has 0 amide bonds. The Balaban J connectivity index is 3.87. The van der Waals surface area contributed by atoms with Gasteiger partial charge in [0.25, 0.3) is 0 Å². The van der Waals surface area contributed by atoms with E-state index in [-0.39, 0.29) is 5.54 Å². The van der Waals surface area contributed by atoms with Crippen molar-refractivity contribution in [1.82, 2.24) is 0 Å². The van der Waals surface area contributed by atoms with E-state index in [4.69, 9.17) is 16.2 Å². The molecule has 27 heavy (non-hydrogen) atoms. The second-order valence-electron chi connectivity index (χ2n) is 8.65. The molecule has 3 nitrogen and oxygen atoms in total. The van der Waals surface area contributed by atoms with Gasteiger partial charge in [-0.25, -0.2) is 0 Å². The molecule has 0 aliphatic heterocycles. The Morgan fingerprint density at radius 2 is 0.963 bits per heavy atom. The Labute approximate surface area is 171 Å². The first-order valence-electron chi connectivity index (χ1n) is 12.2. The summed E-state index contributed by atoms with van der Waals surface area (Å²) < 4.78 is 5.74. The van der Waals surface area contributed by atoms with Gasteiger partial charge in [-0.2, -0.15) is 0 Å². The van der Waals surface area contributed by atoms with Gasteiger partial charge in [-0.1, -0.05) is 117 Å². The van der Waals surface area contributed by atoms with E-state index in [0.717, 1.165) is 12.8 Å². The molecular formula is C24H52N2O. The van der Waals surface area contributed by atoms with E-state index < -0.39 is 0 Å². The summed E-state index contributed by atoms with van der Waals surface area (Å²) in [6, 6.07) is 0. The highest BCUT2D eigenvalue weighted by Crippen LogP contribution is 2.22. The van der Waals surface area contributed by atoms with Gasteiger partial charge in [-0.3, -0.25) is 0 Å². The van der Waals surface area contributed by atoms with Gasteiger partial charge in [0, 0.05) is 12.1 Å². The van der Waals surface area contributed by atoms with Gasteiger partial charge in [0.1, 0.15) is 0 Å². The predicted molar refractivity (Wildman–Crippen MR) is 121 cm³/mol. The van der Waals surface area contributed by atoms with E-state index in [0.29, 0.717) is 19.8 Å². The minimum absolute atomic E-state index is 0.139. The lowest BCUT2D eigenvalue weighted by Crippen LogP contribution is -2.45. The Morgan fingerprint density at radius 1 is 0.593 bits per heavy atom. The number of ether oxygens (including phenoxy) is 1. The second-order valence-corrected chi connectivity index (χ2v) is 8.65. The average molecular weight is 385 g/mol. The molecule has 0 rings (SSSR count). The first-order valence-corrected chi connectivity index (χ1v) is 12.2. The number of hydrogen-bond donors (Lipinski definition) is 2. The van der Waals surface area contributed by atoms with Crippen molar-refractivity contribution in [2.45, 2.75) is 135 Å². The fourth-order valence-corrected chi connectivity index (χ4v) is 3.85. The summed E-state index contributed by atoms with van der Waals surface area (Å²) in [7, 11) is 0. The molecule has 0 atom stereocenters. The maximum absolute atomic E-state index is 6.73. The van der Waals surface area contributed by atoms with Crippen LogP contribution < -0.4 is 11.5 Å². The molecule has 0 bridgehead atoms. The third kappa shape index (κ3) is 19.0. The average Bonchev–Trinajstić information content (AvgIpc) is 2.66. The molecule has 0 aliphatic carbocycles. The molecule has 3 heteroatoms. The Bertz CT molecular complexity index is 264. The van der Waals surface area contributed by atoms with E-state index in [2.05, 4.69) is 13.8 Å². The Hall–Kier alpha value is -0.120. The van der Waals surface area contributed by atoms with Crippen LogP contribution in [0.4, 0.5) is 0 Å². The quantitative estimate of drug-likeness (QED) is 0.204. The molecule has 0 unspecified atom stereocenters. The van der Waals surface area contributed by atoms with Crippen LogP contribution in [0.3, 0.4) is 0 Å². The topological polar surface area (TPSA) is 61.3 Å². The molecule has 0 fully saturated rings. The second kappa shape index (κ2) is 20.6. The lowest BCUT2D eigenvalue weighted by atomic mass is 9.88. The zero-order valence-electron chi connectivity index (χ0n) is 18.9. The fraction of sp³-hybridized carbons (Fsp3) is 1.00. The van der Waals surface area contributed by atoms with Crippen molar-refractivity contribution in [3.63, 3.8) is 0 Å². The molecule has 0 radical (unpaired) electrons. The van der Waals surface area contributed by atoms with E-state index in [9.17, 15) is 0 Å². The zero-order valence-corrected chi connectivity index (χ0v) is 18.9. The van der Waals surface area contributed by atoms with Gasteiger partial charge in [0.15, 0.2) is 0 Å². The molecular weight excluding hydrogens is 332 g/mol. The number of rotatable bonds is 22. The van der Waals surface area contributed by atoms with Crippen molar-refractivity contribution in [2.75, 3.05) is 19.8 Å². The normalized spacial score (nSPS) is 12.0. The van der Waals surface area contributed by atoms with Crippen molar-refractivity contribution < 1.29 is 4.74 Å². The number of nitrogens with two attached hydrogens (primary N) is 2. The van der Waals surface area contributed by atoms with Crippen LogP contribution in [0.15, 0.2) is 0 Å². The van der Waals surface area contributed by atoms with Gasteiger partial charge in [-0.05, 0) is 12.8 Å². The fourth-order valence-electron chi connectivity index (χ4n) is 3.85. The molecule has 0 aliphatic rings. The molecule has 0 aromatic carbocycles. The van der Waals surface area contributed by atoms with Crippen LogP contribution in [0.25, 0.3) is 0 Å². The van der Waals surface area contributed by atoms with Crippen LogP contribution >= 0.6 is 0 Å². The summed E-state index contributed by atoms with van der Waals surface area (Å²) in [6.45, 7) is 6.46. The summed E-state index contributed by atoms with van der Waals surface area (Å²) >= 11 is 0. The largest absolute Gasteiger partial charge is 0.378 e. The predicted octanol–water partition coefficient (Wildman–Crippen LogP) is 6.72. The van der Waals surface area contributed by atoms with Crippen LogP contribution in [0, 0.1) is 0 Å². The monoisotopic (exact) mass is 384 g/mol. The lowest BCUT2D eigenvalue weighted by Gasteiger charge is -2.29. The van der Waals surface area contributed by atoms with Gasteiger partial charge < -0.3 is 16.2 Å². The van der Waals surface area contributed by atoms with Crippen LogP contribution in [0.1, 0.15) is 129 Å². The van der Waals surface area contributed by atoms with Crippen molar-refractivity contribution in [1.29, 1.82) is 0 Å². The summed E-state index contributed by atoms with van der Waals surface area (Å²) in [4.78, 5) is 0. The van der Waals surface area contributed by atoms with Crippen molar-refractivity contribution >= 4 is 0 Å². The summed E-state index contributed by atoms with van der Waals surface area (Å²) in [5.74, 6) is 0.